The van der Waals surface area contributed by atoms with Gasteiger partial charge in [-0.1, -0.05) is 23.4 Å². The topological polar surface area (TPSA) is 65.2 Å². The molecule has 140 valence electrons. The Morgan fingerprint density at radius 2 is 1.78 bits per heavy atom. The Kier molecular flexibility index (Phi) is 6.08. The van der Waals surface area contributed by atoms with Gasteiger partial charge >= 0.3 is 6.61 Å². The van der Waals surface area contributed by atoms with Gasteiger partial charge in [0.15, 0.2) is 5.78 Å². The van der Waals surface area contributed by atoms with Crippen LogP contribution in [-0.4, -0.2) is 27.8 Å². The molecule has 0 spiro atoms. The Balaban J connectivity index is 1.65. The quantitative estimate of drug-likeness (QED) is 0.386. The van der Waals surface area contributed by atoms with E-state index in [1.165, 1.54) is 24.3 Å². The van der Waals surface area contributed by atoms with Crippen LogP contribution in [-0.2, 0) is 0 Å². The lowest BCUT2D eigenvalue weighted by Gasteiger charge is -2.09. The summed E-state index contributed by atoms with van der Waals surface area (Å²) in [7, 11) is 0. The van der Waals surface area contributed by atoms with Crippen molar-refractivity contribution in [2.75, 3.05) is 0 Å². The van der Waals surface area contributed by atoms with E-state index in [1.807, 2.05) is 0 Å². The first kappa shape index (κ1) is 19.3. The van der Waals surface area contributed by atoms with Crippen molar-refractivity contribution in [1.82, 2.24) is 10.2 Å². The van der Waals surface area contributed by atoms with E-state index in [1.54, 1.807) is 31.2 Å². The standard InChI is InChI=1S/C18H13ClF2N2O3S/c1-10(15(24)11-4-8-14(9-5-11)25-17(20)21)27-18-23-22-16(26-18)12-2-6-13(19)7-3-12/h2-10,17H,1H3/t10-/m0/s1. The number of ketones is 1. The number of Topliss-reactive ketones (excluding diaryl/α,β-unsaturated/α-hetero) is 1. The van der Waals surface area contributed by atoms with Crippen molar-refractivity contribution in [1.29, 1.82) is 0 Å². The maximum Gasteiger partial charge on any atom is 0.387 e. The highest BCUT2D eigenvalue weighted by Gasteiger charge is 2.20. The third-order valence-corrected chi connectivity index (χ3v) is 4.69. The number of carbonyl (C=O) groups is 1. The first-order valence-electron chi connectivity index (χ1n) is 7.77. The fourth-order valence-electron chi connectivity index (χ4n) is 2.21. The lowest BCUT2D eigenvalue weighted by atomic mass is 10.1. The van der Waals surface area contributed by atoms with E-state index in [4.69, 9.17) is 16.0 Å². The molecule has 9 heteroatoms. The molecule has 0 fully saturated rings. The van der Waals surface area contributed by atoms with Gasteiger partial charge in [0.05, 0.1) is 5.25 Å². The molecule has 0 saturated carbocycles. The molecule has 0 aliphatic rings. The third kappa shape index (κ3) is 5.05. The zero-order chi connectivity index (χ0) is 19.4. The Labute approximate surface area is 162 Å². The summed E-state index contributed by atoms with van der Waals surface area (Å²) in [5, 5.41) is 8.23. The molecule has 1 atom stereocenters. The van der Waals surface area contributed by atoms with Crippen LogP contribution < -0.4 is 4.74 Å². The van der Waals surface area contributed by atoms with Gasteiger partial charge in [0, 0.05) is 16.1 Å². The van der Waals surface area contributed by atoms with E-state index in [-0.39, 0.29) is 16.8 Å². The van der Waals surface area contributed by atoms with Crippen molar-refractivity contribution < 1.29 is 22.7 Å². The fraction of sp³-hybridized carbons (Fsp3) is 0.167. The molecule has 0 aliphatic carbocycles. The normalized spacial score (nSPS) is 12.2. The van der Waals surface area contributed by atoms with Crippen LogP contribution >= 0.6 is 23.4 Å². The highest BCUT2D eigenvalue weighted by atomic mass is 35.5. The lowest BCUT2D eigenvalue weighted by molar-refractivity contribution is -0.0498. The number of hydrogen-bond acceptors (Lipinski definition) is 6. The number of rotatable bonds is 7. The predicted octanol–water partition coefficient (Wildman–Crippen LogP) is 5.35. The molecule has 5 nitrogen and oxygen atoms in total. The number of thioether (sulfide) groups is 1. The molecular formula is C18H13ClF2N2O3S. The number of aromatic nitrogens is 2. The van der Waals surface area contributed by atoms with Crippen LogP contribution in [0.5, 0.6) is 5.75 Å². The fourth-order valence-corrected chi connectivity index (χ4v) is 3.09. The molecule has 0 N–H and O–H groups in total. The van der Waals surface area contributed by atoms with Crippen molar-refractivity contribution >= 4 is 29.1 Å². The van der Waals surface area contributed by atoms with Gasteiger partial charge < -0.3 is 9.15 Å². The van der Waals surface area contributed by atoms with Crippen molar-refractivity contribution in [2.45, 2.75) is 24.0 Å². The molecular weight excluding hydrogens is 398 g/mol. The molecule has 0 unspecified atom stereocenters. The maximum atomic E-state index is 12.5. The van der Waals surface area contributed by atoms with Crippen LogP contribution in [0.25, 0.3) is 11.5 Å². The predicted molar refractivity (Wildman–Crippen MR) is 97.5 cm³/mol. The molecule has 27 heavy (non-hydrogen) atoms. The number of benzene rings is 2. The molecule has 0 bridgehead atoms. The monoisotopic (exact) mass is 410 g/mol. The number of halogens is 3. The van der Waals surface area contributed by atoms with E-state index < -0.39 is 11.9 Å². The van der Waals surface area contributed by atoms with Gasteiger partial charge in [0.1, 0.15) is 5.75 Å². The Hall–Kier alpha value is -2.45. The zero-order valence-corrected chi connectivity index (χ0v) is 15.5. The summed E-state index contributed by atoms with van der Waals surface area (Å²) in [6.45, 7) is -1.21. The summed E-state index contributed by atoms with van der Waals surface area (Å²) in [5.41, 5.74) is 1.08. The summed E-state index contributed by atoms with van der Waals surface area (Å²) in [6, 6.07) is 12.4. The smallest absolute Gasteiger partial charge is 0.387 e. The van der Waals surface area contributed by atoms with E-state index in [0.29, 0.717) is 22.0 Å². The minimum atomic E-state index is -2.91. The van der Waals surface area contributed by atoms with Crippen LogP contribution in [0.3, 0.4) is 0 Å². The van der Waals surface area contributed by atoms with Crippen LogP contribution in [0.4, 0.5) is 8.78 Å². The summed E-state index contributed by atoms with van der Waals surface area (Å²) in [5.74, 6) is 0.114. The highest BCUT2D eigenvalue weighted by Crippen LogP contribution is 2.28. The molecule has 3 rings (SSSR count). The summed E-state index contributed by atoms with van der Waals surface area (Å²) < 4.78 is 34.2. The molecule has 0 aliphatic heterocycles. The van der Waals surface area contributed by atoms with Gasteiger partial charge in [-0.05, 0) is 55.5 Å². The number of alkyl halides is 2. The van der Waals surface area contributed by atoms with Crippen LogP contribution in [0.1, 0.15) is 17.3 Å². The minimum Gasteiger partial charge on any atom is -0.435 e. The van der Waals surface area contributed by atoms with Gasteiger partial charge in [0.25, 0.3) is 5.22 Å². The third-order valence-electron chi connectivity index (χ3n) is 3.51. The Morgan fingerprint density at radius 3 is 2.41 bits per heavy atom. The van der Waals surface area contributed by atoms with Crippen LogP contribution in [0.15, 0.2) is 58.2 Å². The molecule has 1 aromatic heterocycles. The van der Waals surface area contributed by atoms with E-state index in [9.17, 15) is 13.6 Å². The largest absolute Gasteiger partial charge is 0.435 e. The van der Waals surface area contributed by atoms with Crippen molar-refractivity contribution in [3.05, 3.63) is 59.1 Å². The molecule has 0 amide bonds. The van der Waals surface area contributed by atoms with E-state index >= 15 is 0 Å². The maximum absolute atomic E-state index is 12.5. The van der Waals surface area contributed by atoms with Gasteiger partial charge in [-0.15, -0.1) is 10.2 Å². The summed E-state index contributed by atoms with van der Waals surface area (Å²) in [6.07, 6.45) is 0. The summed E-state index contributed by atoms with van der Waals surface area (Å²) >= 11 is 6.96. The van der Waals surface area contributed by atoms with Gasteiger partial charge in [-0.3, -0.25) is 4.79 Å². The molecule has 3 aromatic rings. The Bertz CT molecular complexity index is 917. The molecule has 0 radical (unpaired) electrons. The van der Waals surface area contributed by atoms with E-state index in [0.717, 1.165) is 11.8 Å². The molecule has 2 aromatic carbocycles. The average molecular weight is 411 g/mol. The number of carbonyl (C=O) groups excluding carboxylic acids is 1. The lowest BCUT2D eigenvalue weighted by Crippen LogP contribution is -2.13. The second kappa shape index (κ2) is 8.49. The number of ether oxygens (including phenoxy) is 1. The second-order valence-electron chi connectivity index (χ2n) is 5.41. The van der Waals surface area contributed by atoms with Gasteiger partial charge in [0.2, 0.25) is 5.89 Å². The first-order chi connectivity index (χ1) is 12.9. The minimum absolute atomic E-state index is 0.00800. The molecule has 0 saturated heterocycles. The molecule has 1 heterocycles. The van der Waals surface area contributed by atoms with Crippen molar-refractivity contribution in [3.8, 4) is 17.2 Å². The Morgan fingerprint density at radius 1 is 1.11 bits per heavy atom. The van der Waals surface area contributed by atoms with Crippen LogP contribution in [0.2, 0.25) is 5.02 Å². The highest BCUT2D eigenvalue weighted by molar-refractivity contribution is 8.00. The van der Waals surface area contributed by atoms with Crippen molar-refractivity contribution in [2.24, 2.45) is 0 Å². The van der Waals surface area contributed by atoms with Gasteiger partial charge in [-0.25, -0.2) is 0 Å². The zero-order valence-electron chi connectivity index (χ0n) is 13.9. The van der Waals surface area contributed by atoms with Crippen LogP contribution in [0, 0.1) is 0 Å². The van der Waals surface area contributed by atoms with Crippen molar-refractivity contribution in [3.63, 3.8) is 0 Å². The SMILES string of the molecule is C[C@H](Sc1nnc(-c2ccc(Cl)cc2)o1)C(=O)c1ccc(OC(F)F)cc1. The number of nitrogens with zero attached hydrogens (tertiary/aromatic N) is 2. The van der Waals surface area contributed by atoms with Gasteiger partial charge in [-0.2, -0.15) is 8.78 Å². The second-order valence-corrected chi connectivity index (χ2v) is 7.14. The number of hydrogen-bond donors (Lipinski definition) is 0. The van der Waals surface area contributed by atoms with E-state index in [2.05, 4.69) is 14.9 Å². The summed E-state index contributed by atoms with van der Waals surface area (Å²) in [4.78, 5) is 12.5. The first-order valence-corrected chi connectivity index (χ1v) is 9.03. The average Bonchev–Trinajstić information content (AvgIpc) is 3.10.